The molecule has 0 aromatic rings. The zero-order valence-corrected chi connectivity index (χ0v) is 7.02. The molecule has 0 fully saturated rings. The summed E-state index contributed by atoms with van der Waals surface area (Å²) >= 11 is 7.41. The van der Waals surface area contributed by atoms with Crippen LogP contribution < -0.4 is 0 Å². The molecule has 0 rings (SSSR count). The van der Waals surface area contributed by atoms with Crippen LogP contribution in [0.3, 0.4) is 0 Å². The van der Waals surface area contributed by atoms with E-state index in [0.29, 0.717) is 0 Å². The molecule has 0 atom stereocenters. The first kappa shape index (κ1) is 9.81. The quantitative estimate of drug-likeness (QED) is 0.293. The highest BCUT2D eigenvalue weighted by Crippen LogP contribution is 2.36. The number of rotatable bonds is 3. The molecule has 0 bridgehead atoms. The van der Waals surface area contributed by atoms with E-state index in [2.05, 4.69) is 29.8 Å². The third-order valence-corrected chi connectivity index (χ3v) is 1.18. The summed E-state index contributed by atoms with van der Waals surface area (Å²) in [6, 6.07) is 0. The smallest absolute Gasteiger partial charge is 0.303 e. The van der Waals surface area contributed by atoms with Gasteiger partial charge in [-0.25, -0.2) is 4.57 Å². The molecule has 7 heteroatoms. The summed E-state index contributed by atoms with van der Waals surface area (Å²) < 4.78 is 13.5. The molecule has 0 aliphatic rings. The van der Waals surface area contributed by atoms with E-state index in [9.17, 15) is 4.57 Å². The zero-order valence-electron chi connectivity index (χ0n) is 4.34. The molecule has 56 valence electrons. The standard InChI is InChI=1S/C2H7O4PS2/c3-7(4,5)6-1-2(8)9/h2,8-9H,1H2,(H2,3,4,5). The molecule has 0 aromatic carbocycles. The summed E-state index contributed by atoms with van der Waals surface area (Å²) in [7, 11) is -4.32. The minimum Gasteiger partial charge on any atom is -0.303 e. The van der Waals surface area contributed by atoms with Crippen molar-refractivity contribution < 1.29 is 18.9 Å². The first-order valence-corrected chi connectivity index (χ1v) is 4.54. The van der Waals surface area contributed by atoms with Crippen molar-refractivity contribution >= 4 is 33.1 Å². The molecular formula is C2H7O4PS2. The summed E-state index contributed by atoms with van der Waals surface area (Å²) in [4.78, 5) is 16.2. The fourth-order valence-electron chi connectivity index (χ4n) is 0.164. The fraction of sp³-hybridized carbons (Fsp3) is 1.00. The second kappa shape index (κ2) is 3.85. The van der Waals surface area contributed by atoms with Crippen LogP contribution in [-0.4, -0.2) is 21.0 Å². The maximum Gasteiger partial charge on any atom is 0.469 e. The summed E-state index contributed by atoms with van der Waals surface area (Å²) in [5.74, 6) is 0. The lowest BCUT2D eigenvalue weighted by Gasteiger charge is -2.05. The van der Waals surface area contributed by atoms with Crippen molar-refractivity contribution in [2.24, 2.45) is 0 Å². The van der Waals surface area contributed by atoms with Crippen molar-refractivity contribution in [1.82, 2.24) is 0 Å². The molecule has 0 heterocycles. The Morgan fingerprint density at radius 2 is 2.00 bits per heavy atom. The lowest BCUT2D eigenvalue weighted by molar-refractivity contribution is 0.206. The zero-order chi connectivity index (χ0) is 7.49. The van der Waals surface area contributed by atoms with Crippen molar-refractivity contribution in [1.29, 1.82) is 0 Å². The molecule has 0 aromatic heterocycles. The van der Waals surface area contributed by atoms with Crippen LogP contribution in [0.4, 0.5) is 0 Å². The van der Waals surface area contributed by atoms with Gasteiger partial charge in [0.15, 0.2) is 0 Å². The van der Waals surface area contributed by atoms with Crippen molar-refractivity contribution in [3.8, 4) is 0 Å². The van der Waals surface area contributed by atoms with Crippen LogP contribution in [0.5, 0.6) is 0 Å². The second-order valence-electron chi connectivity index (χ2n) is 1.27. The molecule has 0 saturated heterocycles. The van der Waals surface area contributed by atoms with E-state index in [0.717, 1.165) is 0 Å². The predicted octanol–water partition coefficient (Wildman–Crippen LogP) is 0.281. The van der Waals surface area contributed by atoms with Gasteiger partial charge < -0.3 is 9.79 Å². The Morgan fingerprint density at radius 3 is 2.11 bits per heavy atom. The molecule has 2 N–H and O–H groups in total. The third kappa shape index (κ3) is 8.81. The molecule has 0 amide bonds. The summed E-state index contributed by atoms with van der Waals surface area (Å²) in [5.41, 5.74) is 0. The van der Waals surface area contributed by atoms with Crippen LogP contribution in [0.15, 0.2) is 0 Å². The molecular weight excluding hydrogens is 183 g/mol. The Hall–Kier alpha value is 0.810. The minimum absolute atomic E-state index is 0.170. The fourth-order valence-corrected chi connectivity index (χ4v) is 0.891. The molecule has 0 unspecified atom stereocenters. The van der Waals surface area contributed by atoms with Gasteiger partial charge in [-0.05, 0) is 0 Å². The van der Waals surface area contributed by atoms with Gasteiger partial charge in [-0.3, -0.25) is 4.52 Å². The van der Waals surface area contributed by atoms with Crippen molar-refractivity contribution in [3.05, 3.63) is 0 Å². The van der Waals surface area contributed by atoms with E-state index in [1.165, 1.54) is 0 Å². The van der Waals surface area contributed by atoms with Gasteiger partial charge in [0.05, 0.1) is 11.2 Å². The summed E-state index contributed by atoms with van der Waals surface area (Å²) in [5, 5.41) is 0. The van der Waals surface area contributed by atoms with E-state index in [4.69, 9.17) is 9.79 Å². The van der Waals surface area contributed by atoms with Gasteiger partial charge in [0.25, 0.3) is 0 Å². The number of thiol groups is 2. The normalized spacial score (nSPS) is 12.6. The average Bonchev–Trinajstić information content (AvgIpc) is 1.59. The Kier molecular flexibility index (Phi) is 4.20. The topological polar surface area (TPSA) is 66.8 Å². The lowest BCUT2D eigenvalue weighted by Crippen LogP contribution is -1.99. The van der Waals surface area contributed by atoms with Crippen molar-refractivity contribution in [3.63, 3.8) is 0 Å². The Bertz CT molecular complexity index is 120. The maximum atomic E-state index is 9.94. The van der Waals surface area contributed by atoms with E-state index in [1.807, 2.05) is 0 Å². The van der Waals surface area contributed by atoms with Crippen LogP contribution in [0.25, 0.3) is 0 Å². The SMILES string of the molecule is O=P(O)(O)OCC(S)S. The van der Waals surface area contributed by atoms with E-state index in [-0.39, 0.29) is 6.61 Å². The molecule has 0 radical (unpaired) electrons. The van der Waals surface area contributed by atoms with Crippen molar-refractivity contribution in [2.75, 3.05) is 6.61 Å². The van der Waals surface area contributed by atoms with Gasteiger partial charge in [-0.15, -0.1) is 0 Å². The average molecular weight is 190 g/mol. The number of phosphoric ester groups is 1. The van der Waals surface area contributed by atoms with Crippen LogP contribution in [0, 0.1) is 0 Å². The number of hydrogen-bond acceptors (Lipinski definition) is 4. The van der Waals surface area contributed by atoms with Crippen LogP contribution >= 0.6 is 33.1 Å². The Balaban J connectivity index is 3.40. The van der Waals surface area contributed by atoms with E-state index in [1.54, 1.807) is 0 Å². The van der Waals surface area contributed by atoms with Crippen LogP contribution in [-0.2, 0) is 9.09 Å². The monoisotopic (exact) mass is 190 g/mol. The van der Waals surface area contributed by atoms with Gasteiger partial charge >= 0.3 is 7.82 Å². The predicted molar refractivity (Wildman–Crippen MR) is 39.8 cm³/mol. The largest absolute Gasteiger partial charge is 0.469 e. The van der Waals surface area contributed by atoms with Crippen molar-refractivity contribution in [2.45, 2.75) is 4.58 Å². The first-order chi connectivity index (χ1) is 3.92. The highest BCUT2D eigenvalue weighted by atomic mass is 32.2. The number of phosphoric acid groups is 1. The van der Waals surface area contributed by atoms with Crippen LogP contribution in [0.1, 0.15) is 0 Å². The molecule has 0 aliphatic carbocycles. The van der Waals surface area contributed by atoms with E-state index < -0.39 is 12.4 Å². The minimum atomic E-state index is -4.32. The van der Waals surface area contributed by atoms with Gasteiger partial charge in [-0.1, -0.05) is 0 Å². The second-order valence-corrected chi connectivity index (χ2v) is 4.16. The third-order valence-electron chi connectivity index (χ3n) is 0.392. The molecule has 4 nitrogen and oxygen atoms in total. The Morgan fingerprint density at radius 1 is 1.56 bits per heavy atom. The van der Waals surface area contributed by atoms with Gasteiger partial charge in [0.2, 0.25) is 0 Å². The number of hydrogen-bond donors (Lipinski definition) is 4. The van der Waals surface area contributed by atoms with Gasteiger partial charge in [0.1, 0.15) is 0 Å². The Labute approximate surface area is 63.7 Å². The molecule has 0 aliphatic heterocycles. The van der Waals surface area contributed by atoms with Crippen LogP contribution in [0.2, 0.25) is 0 Å². The lowest BCUT2D eigenvalue weighted by atomic mass is 10.9. The van der Waals surface area contributed by atoms with E-state index >= 15 is 0 Å². The molecule has 0 spiro atoms. The first-order valence-electron chi connectivity index (χ1n) is 1.98. The maximum absolute atomic E-state index is 9.94. The highest BCUT2D eigenvalue weighted by Gasteiger charge is 2.14. The van der Waals surface area contributed by atoms with Gasteiger partial charge in [0, 0.05) is 0 Å². The summed E-state index contributed by atoms with van der Waals surface area (Å²) in [6.07, 6.45) is 0. The highest BCUT2D eigenvalue weighted by molar-refractivity contribution is 7.99. The molecule has 0 saturated carbocycles. The van der Waals surface area contributed by atoms with Gasteiger partial charge in [-0.2, -0.15) is 25.3 Å². The molecule has 9 heavy (non-hydrogen) atoms. The summed E-state index contributed by atoms with van der Waals surface area (Å²) in [6.45, 7) is -0.170.